The molecule has 3 amide bonds. The Bertz CT molecular complexity index is 551. The lowest BCUT2D eigenvalue weighted by Crippen LogP contribution is -2.38. The van der Waals surface area contributed by atoms with E-state index in [9.17, 15) is 14.4 Å². The zero-order valence-corrected chi connectivity index (χ0v) is 12.3. The maximum Gasteiger partial charge on any atom is 0.344 e. The van der Waals surface area contributed by atoms with E-state index < -0.39 is 24.5 Å². The summed E-state index contributed by atoms with van der Waals surface area (Å²) >= 11 is 5.88. The molecule has 0 atom stereocenters. The molecule has 114 valence electrons. The van der Waals surface area contributed by atoms with E-state index in [0.717, 1.165) is 11.1 Å². The average molecular weight is 315 g/mol. The highest BCUT2D eigenvalue weighted by atomic mass is 35.5. The van der Waals surface area contributed by atoms with Crippen molar-refractivity contribution in [1.29, 1.82) is 0 Å². The highest BCUT2D eigenvalue weighted by molar-refractivity contribution is 6.30. The van der Waals surface area contributed by atoms with Crippen molar-refractivity contribution in [3.63, 3.8) is 0 Å². The van der Waals surface area contributed by atoms with Crippen molar-refractivity contribution in [2.75, 3.05) is 13.2 Å². The van der Waals surface area contributed by atoms with Gasteiger partial charge in [-0.25, -0.2) is 9.59 Å². The summed E-state index contributed by atoms with van der Waals surface area (Å²) in [6, 6.07) is 2.39. The number of halogens is 1. The smallest absolute Gasteiger partial charge is 0.344 e. The number of rotatable bonds is 5. The van der Waals surface area contributed by atoms with Crippen LogP contribution in [0.4, 0.5) is 4.79 Å². The summed E-state index contributed by atoms with van der Waals surface area (Å²) in [5.74, 6) is -1.03. The third-order valence-corrected chi connectivity index (χ3v) is 2.60. The van der Waals surface area contributed by atoms with Crippen LogP contribution in [0, 0.1) is 13.8 Å². The third-order valence-electron chi connectivity index (χ3n) is 2.39. The number of ether oxygens (including phenoxy) is 2. The molecule has 21 heavy (non-hydrogen) atoms. The Hall–Kier alpha value is -2.28. The van der Waals surface area contributed by atoms with Crippen LogP contribution in [0.1, 0.15) is 11.1 Å². The van der Waals surface area contributed by atoms with Gasteiger partial charge < -0.3 is 15.2 Å². The average Bonchev–Trinajstić information content (AvgIpc) is 2.34. The molecular formula is C13H15ClN2O5. The van der Waals surface area contributed by atoms with E-state index >= 15 is 0 Å². The first-order valence-corrected chi connectivity index (χ1v) is 6.32. The quantitative estimate of drug-likeness (QED) is 0.790. The number of urea groups is 1. The van der Waals surface area contributed by atoms with Crippen LogP contribution in [0.5, 0.6) is 5.75 Å². The predicted octanol–water partition coefficient (Wildman–Crippen LogP) is 1.07. The standard InChI is InChI=1S/C13H15ClN2O5/c1-7-3-9(14)4-8(2)12(7)21-6-11(18)20-5-10(17)16-13(15)19/h3-4H,5-6H2,1-2H3,(H3,15,16,17,19). The lowest BCUT2D eigenvalue weighted by molar-refractivity contribution is -0.150. The molecule has 0 saturated carbocycles. The van der Waals surface area contributed by atoms with Gasteiger partial charge in [0.05, 0.1) is 0 Å². The number of hydrogen-bond donors (Lipinski definition) is 2. The Morgan fingerprint density at radius 2 is 1.76 bits per heavy atom. The first-order chi connectivity index (χ1) is 9.79. The summed E-state index contributed by atoms with van der Waals surface area (Å²) in [6.45, 7) is 2.61. The number of nitrogens with two attached hydrogens (primary N) is 1. The molecule has 0 radical (unpaired) electrons. The minimum absolute atomic E-state index is 0.368. The molecule has 0 fully saturated rings. The van der Waals surface area contributed by atoms with Gasteiger partial charge in [0, 0.05) is 5.02 Å². The van der Waals surface area contributed by atoms with E-state index in [1.165, 1.54) is 0 Å². The van der Waals surface area contributed by atoms with Crippen LogP contribution < -0.4 is 15.8 Å². The lowest BCUT2D eigenvalue weighted by atomic mass is 10.1. The number of aryl methyl sites for hydroxylation is 2. The minimum Gasteiger partial charge on any atom is -0.481 e. The fourth-order valence-corrected chi connectivity index (χ4v) is 1.94. The SMILES string of the molecule is Cc1cc(Cl)cc(C)c1OCC(=O)OCC(=O)NC(N)=O. The Kier molecular flexibility index (Phi) is 5.98. The molecule has 1 rings (SSSR count). The topological polar surface area (TPSA) is 108 Å². The van der Waals surface area contributed by atoms with Gasteiger partial charge in [0.25, 0.3) is 5.91 Å². The van der Waals surface area contributed by atoms with Gasteiger partial charge in [0.2, 0.25) is 0 Å². The Balaban J connectivity index is 2.47. The lowest BCUT2D eigenvalue weighted by Gasteiger charge is -2.12. The van der Waals surface area contributed by atoms with E-state index in [0.29, 0.717) is 10.8 Å². The van der Waals surface area contributed by atoms with Gasteiger partial charge in [-0.15, -0.1) is 0 Å². The van der Waals surface area contributed by atoms with Crippen LogP contribution in [0.15, 0.2) is 12.1 Å². The molecule has 0 spiro atoms. The maximum absolute atomic E-state index is 11.4. The summed E-state index contributed by atoms with van der Waals surface area (Å²) in [5, 5.41) is 2.34. The number of carbonyl (C=O) groups is 3. The van der Waals surface area contributed by atoms with Crippen molar-refractivity contribution in [2.24, 2.45) is 5.73 Å². The summed E-state index contributed by atoms with van der Waals surface area (Å²) in [4.78, 5) is 32.8. The van der Waals surface area contributed by atoms with E-state index in [1.807, 2.05) is 0 Å². The number of nitrogens with one attached hydrogen (secondary N) is 1. The second-order valence-electron chi connectivity index (χ2n) is 4.23. The molecule has 7 nitrogen and oxygen atoms in total. The van der Waals surface area contributed by atoms with Crippen LogP contribution in [-0.4, -0.2) is 31.1 Å². The van der Waals surface area contributed by atoms with Crippen LogP contribution in [-0.2, 0) is 14.3 Å². The fourth-order valence-electron chi connectivity index (χ4n) is 1.62. The zero-order valence-electron chi connectivity index (χ0n) is 11.6. The number of esters is 1. The summed E-state index contributed by atoms with van der Waals surface area (Å²) in [7, 11) is 0. The number of primary amides is 1. The predicted molar refractivity (Wildman–Crippen MR) is 75.1 cm³/mol. The molecule has 0 saturated heterocycles. The van der Waals surface area contributed by atoms with Gasteiger partial charge in [-0.2, -0.15) is 0 Å². The van der Waals surface area contributed by atoms with Crippen molar-refractivity contribution in [1.82, 2.24) is 5.32 Å². The summed E-state index contributed by atoms with van der Waals surface area (Å²) in [6.07, 6.45) is 0. The second kappa shape index (κ2) is 7.49. The normalized spacial score (nSPS) is 9.86. The first kappa shape index (κ1) is 16.8. The minimum atomic E-state index is -1.01. The Morgan fingerprint density at radius 1 is 1.19 bits per heavy atom. The molecule has 1 aromatic carbocycles. The number of hydrogen-bond acceptors (Lipinski definition) is 5. The maximum atomic E-state index is 11.4. The molecule has 0 unspecified atom stereocenters. The molecule has 0 bridgehead atoms. The van der Waals surface area contributed by atoms with Gasteiger partial charge in [-0.3, -0.25) is 10.1 Å². The summed E-state index contributed by atoms with van der Waals surface area (Å²) < 4.78 is 9.96. The number of benzene rings is 1. The highest BCUT2D eigenvalue weighted by Crippen LogP contribution is 2.26. The molecule has 1 aromatic rings. The van der Waals surface area contributed by atoms with Gasteiger partial charge in [0.1, 0.15) is 5.75 Å². The van der Waals surface area contributed by atoms with Crippen LogP contribution in [0.25, 0.3) is 0 Å². The monoisotopic (exact) mass is 314 g/mol. The number of imide groups is 1. The molecule has 0 aromatic heterocycles. The van der Waals surface area contributed by atoms with E-state index in [1.54, 1.807) is 31.3 Å². The van der Waals surface area contributed by atoms with Gasteiger partial charge in [-0.05, 0) is 37.1 Å². The fraction of sp³-hybridized carbons (Fsp3) is 0.308. The van der Waals surface area contributed by atoms with Crippen LogP contribution >= 0.6 is 11.6 Å². The van der Waals surface area contributed by atoms with Gasteiger partial charge >= 0.3 is 12.0 Å². The highest BCUT2D eigenvalue weighted by Gasteiger charge is 2.12. The Labute approximate surface area is 126 Å². The molecule has 0 aliphatic carbocycles. The van der Waals surface area contributed by atoms with Gasteiger partial charge in [0.15, 0.2) is 13.2 Å². The van der Waals surface area contributed by atoms with Crippen LogP contribution in [0.3, 0.4) is 0 Å². The number of carbonyl (C=O) groups excluding carboxylic acids is 3. The Morgan fingerprint density at radius 3 is 2.29 bits per heavy atom. The van der Waals surface area contributed by atoms with Gasteiger partial charge in [-0.1, -0.05) is 11.6 Å². The van der Waals surface area contributed by atoms with Crippen LogP contribution in [0.2, 0.25) is 5.02 Å². The number of amides is 3. The van der Waals surface area contributed by atoms with Crippen molar-refractivity contribution >= 4 is 29.5 Å². The van der Waals surface area contributed by atoms with Crippen molar-refractivity contribution in [2.45, 2.75) is 13.8 Å². The van der Waals surface area contributed by atoms with E-state index in [-0.39, 0.29) is 6.61 Å². The molecule has 0 heterocycles. The summed E-state index contributed by atoms with van der Waals surface area (Å²) in [5.41, 5.74) is 6.29. The molecule has 0 aliphatic rings. The first-order valence-electron chi connectivity index (χ1n) is 5.94. The third kappa shape index (κ3) is 5.70. The zero-order chi connectivity index (χ0) is 16.0. The second-order valence-corrected chi connectivity index (χ2v) is 4.67. The molecule has 3 N–H and O–H groups in total. The molecule has 0 aliphatic heterocycles. The molecular weight excluding hydrogens is 300 g/mol. The van der Waals surface area contributed by atoms with E-state index in [2.05, 4.69) is 4.74 Å². The van der Waals surface area contributed by atoms with Crippen molar-refractivity contribution in [3.05, 3.63) is 28.3 Å². The largest absolute Gasteiger partial charge is 0.481 e. The van der Waals surface area contributed by atoms with Crippen molar-refractivity contribution < 1.29 is 23.9 Å². The molecule has 8 heteroatoms. The van der Waals surface area contributed by atoms with E-state index in [4.69, 9.17) is 22.1 Å². The van der Waals surface area contributed by atoms with Crippen molar-refractivity contribution in [3.8, 4) is 5.75 Å².